The summed E-state index contributed by atoms with van der Waals surface area (Å²) in [6.07, 6.45) is 1.29. The largest absolute Gasteiger partial charge is 0.451 e. The van der Waals surface area contributed by atoms with Crippen molar-refractivity contribution in [3.05, 3.63) is 41.2 Å². The minimum Gasteiger partial charge on any atom is -0.451 e. The summed E-state index contributed by atoms with van der Waals surface area (Å²) in [4.78, 5) is 37.7. The first-order valence-electron chi connectivity index (χ1n) is 7.94. The molecular formula is C18H19NO5. The highest BCUT2D eigenvalue weighted by molar-refractivity contribution is 6.18. The van der Waals surface area contributed by atoms with Crippen molar-refractivity contribution >= 4 is 17.6 Å². The van der Waals surface area contributed by atoms with Gasteiger partial charge >= 0.3 is 0 Å². The van der Waals surface area contributed by atoms with Crippen LogP contribution in [0.25, 0.3) is 0 Å². The topological polar surface area (TPSA) is 72.9 Å². The molecule has 0 aliphatic carbocycles. The molecule has 0 unspecified atom stereocenters. The number of imide groups is 1. The van der Waals surface area contributed by atoms with Crippen LogP contribution in [0.2, 0.25) is 0 Å². The lowest BCUT2D eigenvalue weighted by molar-refractivity contribution is -0.143. The first-order chi connectivity index (χ1) is 11.5. The highest BCUT2D eigenvalue weighted by Gasteiger charge is 2.42. The number of hydrogen-bond acceptors (Lipinski definition) is 5. The van der Waals surface area contributed by atoms with Crippen molar-refractivity contribution in [2.45, 2.75) is 32.7 Å². The Kier molecular flexibility index (Phi) is 4.49. The van der Waals surface area contributed by atoms with Crippen LogP contribution in [0.3, 0.4) is 0 Å². The van der Waals surface area contributed by atoms with Gasteiger partial charge in [-0.1, -0.05) is 0 Å². The summed E-state index contributed by atoms with van der Waals surface area (Å²) in [5, 5.41) is 0. The molecule has 2 aliphatic rings. The Morgan fingerprint density at radius 1 is 1.12 bits per heavy atom. The molecule has 0 spiro atoms. The Labute approximate surface area is 140 Å². The molecule has 2 amide bonds. The van der Waals surface area contributed by atoms with Gasteiger partial charge in [0.05, 0.1) is 5.57 Å². The maximum absolute atomic E-state index is 12.6. The lowest BCUT2D eigenvalue weighted by Gasteiger charge is -2.29. The second-order valence-corrected chi connectivity index (χ2v) is 5.96. The number of nitrogens with zero attached hydrogens (tertiary/aromatic N) is 1. The van der Waals surface area contributed by atoms with Crippen molar-refractivity contribution in [2.75, 3.05) is 13.2 Å². The number of rotatable bonds is 4. The molecule has 1 aromatic carbocycles. The van der Waals surface area contributed by atoms with Crippen LogP contribution in [-0.4, -0.2) is 41.8 Å². The van der Waals surface area contributed by atoms with Gasteiger partial charge in [-0.05, 0) is 51.0 Å². The highest BCUT2D eigenvalue weighted by atomic mass is 16.5. The molecule has 1 aromatic rings. The number of Topliss-reactive ketones (excluding diaryl/α,β-unsaturated/α-hetero) is 1. The summed E-state index contributed by atoms with van der Waals surface area (Å²) in [6.45, 7) is 4.17. The van der Waals surface area contributed by atoms with Crippen molar-refractivity contribution in [3.8, 4) is 5.75 Å². The first kappa shape index (κ1) is 16.4. The van der Waals surface area contributed by atoms with Crippen LogP contribution in [0, 0.1) is 0 Å². The zero-order valence-corrected chi connectivity index (χ0v) is 13.7. The van der Waals surface area contributed by atoms with Gasteiger partial charge in [0.25, 0.3) is 11.8 Å². The van der Waals surface area contributed by atoms with E-state index in [1.165, 1.54) is 11.8 Å². The molecule has 3 rings (SSSR count). The van der Waals surface area contributed by atoms with Gasteiger partial charge in [-0.15, -0.1) is 0 Å². The summed E-state index contributed by atoms with van der Waals surface area (Å²) in [7, 11) is 0. The van der Waals surface area contributed by atoms with Gasteiger partial charge in [0.15, 0.2) is 5.78 Å². The maximum atomic E-state index is 12.6. The quantitative estimate of drug-likeness (QED) is 0.625. The molecule has 0 aromatic heterocycles. The van der Waals surface area contributed by atoms with E-state index in [9.17, 15) is 14.4 Å². The normalized spacial score (nSPS) is 19.2. The summed E-state index contributed by atoms with van der Waals surface area (Å²) in [6, 6.07) is 6.35. The van der Waals surface area contributed by atoms with Crippen molar-refractivity contribution in [1.29, 1.82) is 0 Å². The Hall–Kier alpha value is -2.47. The van der Waals surface area contributed by atoms with Gasteiger partial charge < -0.3 is 9.47 Å². The van der Waals surface area contributed by atoms with Crippen LogP contribution in [0.15, 0.2) is 35.6 Å². The minimum absolute atomic E-state index is 0.0465. The average molecular weight is 329 g/mol. The SMILES string of the molecule is CC(=O)c1ccc(OC2=C(C)C(=O)N(C3CCOCC3)C2=O)cc1. The van der Waals surface area contributed by atoms with E-state index in [1.807, 2.05) is 0 Å². The molecule has 1 fully saturated rings. The van der Waals surface area contributed by atoms with Gasteiger partial charge in [0.2, 0.25) is 5.76 Å². The van der Waals surface area contributed by atoms with Gasteiger partial charge in [-0.3, -0.25) is 19.3 Å². The molecule has 6 heteroatoms. The van der Waals surface area contributed by atoms with E-state index in [1.54, 1.807) is 31.2 Å². The number of ketones is 1. The average Bonchev–Trinajstić information content (AvgIpc) is 2.80. The zero-order chi connectivity index (χ0) is 17.3. The molecule has 0 saturated carbocycles. The smallest absolute Gasteiger partial charge is 0.297 e. The molecule has 0 radical (unpaired) electrons. The molecule has 0 N–H and O–H groups in total. The molecule has 24 heavy (non-hydrogen) atoms. The third-order valence-electron chi connectivity index (χ3n) is 4.33. The number of carbonyl (C=O) groups excluding carboxylic acids is 3. The van der Waals surface area contributed by atoms with Crippen LogP contribution in [-0.2, 0) is 14.3 Å². The number of ether oxygens (including phenoxy) is 2. The number of amides is 2. The summed E-state index contributed by atoms with van der Waals surface area (Å²) >= 11 is 0. The number of benzene rings is 1. The van der Waals surface area contributed by atoms with Crippen molar-refractivity contribution in [3.63, 3.8) is 0 Å². The van der Waals surface area contributed by atoms with Crippen LogP contribution in [0.4, 0.5) is 0 Å². The second-order valence-electron chi connectivity index (χ2n) is 5.96. The zero-order valence-electron chi connectivity index (χ0n) is 13.7. The lowest BCUT2D eigenvalue weighted by Crippen LogP contribution is -2.44. The Morgan fingerprint density at radius 3 is 2.33 bits per heavy atom. The first-order valence-corrected chi connectivity index (χ1v) is 7.94. The van der Waals surface area contributed by atoms with Crippen molar-refractivity contribution < 1.29 is 23.9 Å². The van der Waals surface area contributed by atoms with E-state index in [-0.39, 0.29) is 23.5 Å². The highest BCUT2D eigenvalue weighted by Crippen LogP contribution is 2.28. The Balaban J connectivity index is 1.78. The molecule has 2 aliphatic heterocycles. The van der Waals surface area contributed by atoms with E-state index < -0.39 is 5.91 Å². The van der Waals surface area contributed by atoms with Crippen molar-refractivity contribution in [2.24, 2.45) is 0 Å². The maximum Gasteiger partial charge on any atom is 0.297 e. The fourth-order valence-corrected chi connectivity index (χ4v) is 2.91. The monoisotopic (exact) mass is 329 g/mol. The molecule has 0 bridgehead atoms. The van der Waals surface area contributed by atoms with Gasteiger partial charge in [0, 0.05) is 24.8 Å². The lowest BCUT2D eigenvalue weighted by atomic mass is 10.1. The van der Waals surface area contributed by atoms with E-state index in [0.717, 1.165) is 0 Å². The molecule has 0 atom stereocenters. The molecule has 2 heterocycles. The third kappa shape index (κ3) is 2.97. The minimum atomic E-state index is -0.403. The van der Waals surface area contributed by atoms with Crippen molar-refractivity contribution in [1.82, 2.24) is 4.90 Å². The Bertz CT molecular complexity index is 713. The van der Waals surface area contributed by atoms with E-state index in [0.29, 0.717) is 42.9 Å². The van der Waals surface area contributed by atoms with E-state index in [4.69, 9.17) is 9.47 Å². The van der Waals surface area contributed by atoms with Gasteiger partial charge in [-0.2, -0.15) is 0 Å². The van der Waals surface area contributed by atoms with Crippen LogP contribution >= 0.6 is 0 Å². The van der Waals surface area contributed by atoms with Gasteiger partial charge in [-0.25, -0.2) is 0 Å². The second kappa shape index (κ2) is 6.57. The summed E-state index contributed by atoms with van der Waals surface area (Å²) in [5.74, 6) is -0.275. The van der Waals surface area contributed by atoms with Gasteiger partial charge in [0.1, 0.15) is 5.75 Å². The molecular weight excluding hydrogens is 310 g/mol. The molecule has 126 valence electrons. The summed E-state index contributed by atoms with van der Waals surface area (Å²) < 4.78 is 10.9. The van der Waals surface area contributed by atoms with Crippen LogP contribution in [0.5, 0.6) is 5.75 Å². The summed E-state index contributed by atoms with van der Waals surface area (Å²) in [5.41, 5.74) is 0.868. The fourth-order valence-electron chi connectivity index (χ4n) is 2.91. The van der Waals surface area contributed by atoms with Crippen LogP contribution in [0.1, 0.15) is 37.0 Å². The predicted molar refractivity (Wildman–Crippen MR) is 85.5 cm³/mol. The number of carbonyl (C=O) groups is 3. The van der Waals surface area contributed by atoms with Crippen LogP contribution < -0.4 is 4.74 Å². The van der Waals surface area contributed by atoms with E-state index >= 15 is 0 Å². The predicted octanol–water partition coefficient (Wildman–Crippen LogP) is 2.09. The molecule has 6 nitrogen and oxygen atoms in total. The molecule has 1 saturated heterocycles. The number of hydrogen-bond donors (Lipinski definition) is 0. The van der Waals surface area contributed by atoms with E-state index in [2.05, 4.69) is 0 Å². The third-order valence-corrected chi connectivity index (χ3v) is 4.33. The standard InChI is InChI=1S/C18H19NO5/c1-11-16(24-15-5-3-13(4-6-15)12(2)20)18(22)19(17(11)21)14-7-9-23-10-8-14/h3-6,14H,7-10H2,1-2H3. The Morgan fingerprint density at radius 2 is 1.75 bits per heavy atom. The fraction of sp³-hybridized carbons (Fsp3) is 0.389.